The van der Waals surface area contributed by atoms with Crippen molar-refractivity contribution in [2.45, 2.75) is 58.4 Å². The molecule has 2 aliphatic rings. The van der Waals surface area contributed by atoms with Crippen LogP contribution < -0.4 is 0 Å². The van der Waals surface area contributed by atoms with Gasteiger partial charge in [-0.25, -0.2) is 0 Å². The predicted octanol–water partition coefficient (Wildman–Crippen LogP) is 2.25. The van der Waals surface area contributed by atoms with E-state index in [9.17, 15) is 4.79 Å². The first-order chi connectivity index (χ1) is 11.2. The second-order valence-corrected chi connectivity index (χ2v) is 6.79. The summed E-state index contributed by atoms with van der Waals surface area (Å²) in [7, 11) is 0. The number of piperazine rings is 1. The van der Waals surface area contributed by atoms with Gasteiger partial charge in [0.25, 0.3) is 0 Å². The van der Waals surface area contributed by atoms with Gasteiger partial charge in [-0.1, -0.05) is 32.6 Å². The van der Waals surface area contributed by atoms with Crippen LogP contribution in [0.4, 0.5) is 0 Å². The minimum Gasteiger partial charge on any atom is -0.424 e. The van der Waals surface area contributed by atoms with Crippen molar-refractivity contribution in [3.63, 3.8) is 0 Å². The van der Waals surface area contributed by atoms with Crippen LogP contribution in [0.2, 0.25) is 0 Å². The predicted molar refractivity (Wildman–Crippen MR) is 86.7 cm³/mol. The molecule has 1 aliphatic carbocycles. The maximum Gasteiger partial charge on any atom is 0.230 e. The third kappa shape index (κ3) is 4.53. The summed E-state index contributed by atoms with van der Waals surface area (Å²) < 4.78 is 5.56. The molecule has 3 rings (SSSR count). The highest BCUT2D eigenvalue weighted by Crippen LogP contribution is 2.28. The fraction of sp³-hybridized carbons (Fsp3) is 0.824. The molecule has 6 nitrogen and oxygen atoms in total. The lowest BCUT2D eigenvalue weighted by atomic mass is 10.0. The number of carbonyl (C=O) groups excluding carboxylic acids is 1. The smallest absolute Gasteiger partial charge is 0.230 e. The Morgan fingerprint density at radius 1 is 1.13 bits per heavy atom. The number of aromatic nitrogens is 2. The van der Waals surface area contributed by atoms with Gasteiger partial charge in [0.05, 0.1) is 6.54 Å². The van der Waals surface area contributed by atoms with E-state index in [0.29, 0.717) is 24.2 Å². The molecule has 128 valence electrons. The van der Waals surface area contributed by atoms with Gasteiger partial charge in [0.2, 0.25) is 17.7 Å². The van der Waals surface area contributed by atoms with E-state index in [1.165, 1.54) is 25.7 Å². The Kier molecular flexibility index (Phi) is 5.65. The van der Waals surface area contributed by atoms with Crippen LogP contribution in [0.25, 0.3) is 0 Å². The normalized spacial score (nSPS) is 20.3. The molecule has 1 amide bonds. The lowest BCUT2D eigenvalue weighted by Crippen LogP contribution is -2.48. The Hall–Kier alpha value is -1.43. The number of carbonyl (C=O) groups is 1. The summed E-state index contributed by atoms with van der Waals surface area (Å²) in [5, 5.41) is 8.07. The summed E-state index contributed by atoms with van der Waals surface area (Å²) in [6.07, 6.45) is 7.95. The zero-order valence-electron chi connectivity index (χ0n) is 14.2. The lowest BCUT2D eigenvalue weighted by molar-refractivity contribution is -0.133. The number of hydrogen-bond acceptors (Lipinski definition) is 5. The van der Waals surface area contributed by atoms with Gasteiger partial charge < -0.3 is 9.32 Å². The van der Waals surface area contributed by atoms with Gasteiger partial charge in [-0.2, -0.15) is 0 Å². The molecule has 1 saturated heterocycles. The minimum absolute atomic E-state index is 0.336. The van der Waals surface area contributed by atoms with Crippen LogP contribution in [-0.4, -0.2) is 52.1 Å². The van der Waals surface area contributed by atoms with Gasteiger partial charge >= 0.3 is 0 Å². The molecule has 1 aliphatic heterocycles. The van der Waals surface area contributed by atoms with Crippen LogP contribution in [-0.2, 0) is 17.8 Å². The molecular formula is C17H28N4O2. The van der Waals surface area contributed by atoms with Gasteiger partial charge in [0, 0.05) is 39.0 Å². The molecule has 6 heteroatoms. The number of aryl methyl sites for hydroxylation is 1. The molecule has 0 N–H and O–H groups in total. The molecular weight excluding hydrogens is 292 g/mol. The van der Waals surface area contributed by atoms with Crippen molar-refractivity contribution >= 4 is 5.91 Å². The molecule has 0 radical (unpaired) electrons. The maximum absolute atomic E-state index is 12.3. The van der Waals surface area contributed by atoms with Gasteiger partial charge in [0.1, 0.15) is 0 Å². The van der Waals surface area contributed by atoms with E-state index in [1.54, 1.807) is 0 Å². The molecule has 23 heavy (non-hydrogen) atoms. The average molecular weight is 320 g/mol. The van der Waals surface area contributed by atoms with Crippen LogP contribution in [0.15, 0.2) is 4.42 Å². The lowest BCUT2D eigenvalue weighted by Gasteiger charge is -2.34. The number of hydrogen-bond donors (Lipinski definition) is 0. The van der Waals surface area contributed by atoms with E-state index in [0.717, 1.165) is 51.4 Å². The summed E-state index contributed by atoms with van der Waals surface area (Å²) in [4.78, 5) is 16.6. The van der Waals surface area contributed by atoms with Crippen molar-refractivity contribution in [1.82, 2.24) is 20.0 Å². The largest absolute Gasteiger partial charge is 0.424 e. The Morgan fingerprint density at radius 3 is 2.48 bits per heavy atom. The SMILES string of the molecule is CCc1nnc(CN2CCN(C(=O)CCC3CCCC3)CC2)o1. The Morgan fingerprint density at radius 2 is 1.83 bits per heavy atom. The fourth-order valence-corrected chi connectivity index (χ4v) is 3.63. The van der Waals surface area contributed by atoms with E-state index in [1.807, 2.05) is 11.8 Å². The van der Waals surface area contributed by atoms with Crippen LogP contribution in [0.1, 0.15) is 57.2 Å². The van der Waals surface area contributed by atoms with Crippen molar-refractivity contribution in [1.29, 1.82) is 0 Å². The molecule has 1 saturated carbocycles. The van der Waals surface area contributed by atoms with E-state index < -0.39 is 0 Å². The molecule has 2 fully saturated rings. The highest BCUT2D eigenvalue weighted by atomic mass is 16.4. The highest BCUT2D eigenvalue weighted by Gasteiger charge is 2.23. The molecule has 2 heterocycles. The Bertz CT molecular complexity index is 502. The first-order valence-corrected chi connectivity index (χ1v) is 9.06. The second kappa shape index (κ2) is 7.90. The summed E-state index contributed by atoms with van der Waals surface area (Å²) in [5.74, 6) is 2.51. The molecule has 1 aromatic heterocycles. The van der Waals surface area contributed by atoms with Crippen LogP contribution in [0.5, 0.6) is 0 Å². The van der Waals surface area contributed by atoms with Gasteiger partial charge in [-0.3, -0.25) is 9.69 Å². The standard InChI is InChI=1S/C17H28N4O2/c1-2-15-18-19-16(23-15)13-20-9-11-21(12-10-20)17(22)8-7-14-5-3-4-6-14/h14H,2-13H2,1H3. The van der Waals surface area contributed by atoms with Crippen molar-refractivity contribution in [2.75, 3.05) is 26.2 Å². The Labute approximate surface area is 138 Å². The van der Waals surface area contributed by atoms with Crippen molar-refractivity contribution < 1.29 is 9.21 Å². The van der Waals surface area contributed by atoms with Crippen molar-refractivity contribution in [3.8, 4) is 0 Å². The third-order valence-electron chi connectivity index (χ3n) is 5.14. The highest BCUT2D eigenvalue weighted by molar-refractivity contribution is 5.76. The zero-order valence-corrected chi connectivity index (χ0v) is 14.2. The molecule has 1 aromatic rings. The van der Waals surface area contributed by atoms with Crippen LogP contribution in [0, 0.1) is 5.92 Å². The first kappa shape index (κ1) is 16.4. The summed E-state index contributed by atoms with van der Waals surface area (Å²) in [6.45, 7) is 6.11. The number of rotatable bonds is 6. The minimum atomic E-state index is 0.336. The van der Waals surface area contributed by atoms with E-state index in [-0.39, 0.29) is 0 Å². The zero-order chi connectivity index (χ0) is 16.1. The molecule has 0 atom stereocenters. The molecule has 0 unspecified atom stereocenters. The van der Waals surface area contributed by atoms with Gasteiger partial charge in [-0.15, -0.1) is 10.2 Å². The quantitative estimate of drug-likeness (QED) is 0.804. The number of amides is 1. The van der Waals surface area contributed by atoms with E-state index >= 15 is 0 Å². The van der Waals surface area contributed by atoms with Crippen LogP contribution >= 0.6 is 0 Å². The summed E-state index contributed by atoms with van der Waals surface area (Å²) in [5.41, 5.74) is 0. The monoisotopic (exact) mass is 320 g/mol. The Balaban J connectivity index is 1.38. The molecule has 0 spiro atoms. The van der Waals surface area contributed by atoms with Gasteiger partial charge in [0.15, 0.2) is 0 Å². The van der Waals surface area contributed by atoms with E-state index in [4.69, 9.17) is 4.42 Å². The third-order valence-corrected chi connectivity index (χ3v) is 5.14. The average Bonchev–Trinajstić information content (AvgIpc) is 3.25. The van der Waals surface area contributed by atoms with Gasteiger partial charge in [-0.05, 0) is 12.3 Å². The second-order valence-electron chi connectivity index (χ2n) is 6.79. The van der Waals surface area contributed by atoms with E-state index in [2.05, 4.69) is 15.1 Å². The number of nitrogens with zero attached hydrogens (tertiary/aromatic N) is 4. The molecule has 0 aromatic carbocycles. The summed E-state index contributed by atoms with van der Waals surface area (Å²) >= 11 is 0. The summed E-state index contributed by atoms with van der Waals surface area (Å²) in [6, 6.07) is 0. The van der Waals surface area contributed by atoms with Crippen LogP contribution in [0.3, 0.4) is 0 Å². The fourth-order valence-electron chi connectivity index (χ4n) is 3.63. The van der Waals surface area contributed by atoms with Crippen molar-refractivity contribution in [3.05, 3.63) is 11.8 Å². The maximum atomic E-state index is 12.3. The topological polar surface area (TPSA) is 62.5 Å². The first-order valence-electron chi connectivity index (χ1n) is 9.06. The molecule has 0 bridgehead atoms. The van der Waals surface area contributed by atoms with Crippen molar-refractivity contribution in [2.24, 2.45) is 5.92 Å².